The van der Waals surface area contributed by atoms with Crippen molar-refractivity contribution >= 4 is 46.5 Å². The van der Waals surface area contributed by atoms with Gasteiger partial charge in [0.15, 0.2) is 0 Å². The van der Waals surface area contributed by atoms with Crippen LogP contribution in [-0.4, -0.2) is 17.7 Å². The van der Waals surface area contributed by atoms with E-state index in [9.17, 15) is 9.59 Å². The average molecular weight is 393 g/mol. The third kappa shape index (κ3) is 5.79. The fourth-order valence-electron chi connectivity index (χ4n) is 3.54. The Morgan fingerprint density at radius 2 is 1.50 bits per heavy atom. The fraction of sp³-hybridized carbons (Fsp3) is 0.667. The molecule has 0 bridgehead atoms. The molecule has 3 nitrogen and oxygen atoms in total. The van der Waals surface area contributed by atoms with Crippen LogP contribution in [0.1, 0.15) is 57.8 Å². The van der Waals surface area contributed by atoms with E-state index >= 15 is 0 Å². The van der Waals surface area contributed by atoms with E-state index in [1.165, 1.54) is 12.8 Å². The molecule has 2 aliphatic rings. The topological polar surface area (TPSA) is 46.2 Å². The van der Waals surface area contributed by atoms with Crippen molar-refractivity contribution in [3.63, 3.8) is 0 Å². The largest absolute Gasteiger partial charge is 0.353 e. The summed E-state index contributed by atoms with van der Waals surface area (Å²) in [7, 11) is 0. The molecule has 1 fully saturated rings. The van der Waals surface area contributed by atoms with Crippen LogP contribution in [-0.2, 0) is 9.59 Å². The lowest BCUT2D eigenvalue weighted by atomic mass is 9.78. The Balaban J connectivity index is 2.00. The predicted molar refractivity (Wildman–Crippen MR) is 99.2 cm³/mol. The summed E-state index contributed by atoms with van der Waals surface area (Å²) in [6.45, 7) is 0. The predicted octanol–water partition coefficient (Wildman–Crippen LogP) is 5.25. The van der Waals surface area contributed by atoms with Gasteiger partial charge in [0.25, 0.3) is 0 Å². The van der Waals surface area contributed by atoms with Crippen LogP contribution in [0.5, 0.6) is 0 Å². The summed E-state index contributed by atoms with van der Waals surface area (Å²) in [5.74, 6) is -0.780. The van der Waals surface area contributed by atoms with Gasteiger partial charge in [0, 0.05) is 18.4 Å². The highest BCUT2D eigenvalue weighted by atomic mass is 35.5. The Labute approximate surface area is 158 Å². The summed E-state index contributed by atoms with van der Waals surface area (Å²) in [6, 6.07) is 0.238. The summed E-state index contributed by atoms with van der Waals surface area (Å²) in [5, 5.41) is 3.31. The Morgan fingerprint density at radius 3 is 2.08 bits per heavy atom. The second-order valence-corrected chi connectivity index (χ2v) is 8.07. The second-order valence-electron chi connectivity index (χ2n) is 6.66. The molecule has 0 aliphatic heterocycles. The van der Waals surface area contributed by atoms with Gasteiger partial charge in [-0.25, -0.2) is 0 Å². The molecule has 1 saturated carbocycles. The van der Waals surface area contributed by atoms with Crippen molar-refractivity contribution in [2.75, 3.05) is 0 Å². The third-order valence-electron chi connectivity index (χ3n) is 4.92. The van der Waals surface area contributed by atoms with Crippen molar-refractivity contribution in [2.45, 2.75) is 63.8 Å². The number of carbonyl (C=O) groups excluding carboxylic acids is 2. The van der Waals surface area contributed by atoms with Crippen LogP contribution in [0.4, 0.5) is 0 Å². The van der Waals surface area contributed by atoms with Crippen LogP contribution in [0.25, 0.3) is 0 Å². The van der Waals surface area contributed by atoms with E-state index in [1.807, 2.05) is 12.2 Å². The molecule has 1 amide bonds. The molecular weight excluding hydrogens is 369 g/mol. The van der Waals surface area contributed by atoms with E-state index in [0.29, 0.717) is 12.8 Å². The van der Waals surface area contributed by atoms with Crippen molar-refractivity contribution in [2.24, 2.45) is 11.8 Å². The highest BCUT2D eigenvalue weighted by Gasteiger charge is 2.34. The molecule has 0 radical (unpaired) electrons. The van der Waals surface area contributed by atoms with E-state index < -0.39 is 0 Å². The Morgan fingerprint density at radius 1 is 0.917 bits per heavy atom. The molecule has 24 heavy (non-hydrogen) atoms. The van der Waals surface area contributed by atoms with Crippen LogP contribution in [0.3, 0.4) is 0 Å². The molecule has 2 atom stereocenters. The van der Waals surface area contributed by atoms with Crippen LogP contribution in [0, 0.1) is 11.8 Å². The van der Waals surface area contributed by atoms with E-state index in [-0.39, 0.29) is 45.5 Å². The van der Waals surface area contributed by atoms with Gasteiger partial charge in [0.1, 0.15) is 10.3 Å². The van der Waals surface area contributed by atoms with Gasteiger partial charge in [0.05, 0.1) is 11.0 Å². The van der Waals surface area contributed by atoms with Gasteiger partial charge in [-0.05, 0) is 25.7 Å². The highest BCUT2D eigenvalue weighted by Crippen LogP contribution is 2.31. The lowest BCUT2D eigenvalue weighted by Crippen LogP contribution is -2.43. The zero-order chi connectivity index (χ0) is 17.5. The van der Waals surface area contributed by atoms with Gasteiger partial charge in [-0.15, -0.1) is 0 Å². The zero-order valence-electron chi connectivity index (χ0n) is 13.7. The zero-order valence-corrected chi connectivity index (χ0v) is 16.0. The molecule has 0 heterocycles. The van der Waals surface area contributed by atoms with Gasteiger partial charge >= 0.3 is 0 Å². The highest BCUT2D eigenvalue weighted by molar-refractivity contribution is 6.59. The van der Waals surface area contributed by atoms with Crippen LogP contribution in [0.15, 0.2) is 21.7 Å². The first kappa shape index (κ1) is 19.8. The number of ketones is 1. The standard InChI is InChI=1S/C18H24Cl3NO2/c19-15(17(20)21)11-16(23)13-9-5-6-10-14(13)18(24)22-12-7-3-1-2-4-8-12/h5-6,12-14H,1-4,7-11H2,(H,22,24)/t13-,14-/m0/s1. The molecule has 134 valence electrons. The molecule has 0 aromatic heterocycles. The number of rotatable bonds is 5. The van der Waals surface area contributed by atoms with Crippen LogP contribution < -0.4 is 5.32 Å². The summed E-state index contributed by atoms with van der Waals surface area (Å²) in [5.41, 5.74) is 0. The molecule has 0 unspecified atom stereocenters. The lowest BCUT2D eigenvalue weighted by molar-refractivity contribution is -0.134. The summed E-state index contributed by atoms with van der Waals surface area (Å²) in [6.07, 6.45) is 11.9. The van der Waals surface area contributed by atoms with Crippen molar-refractivity contribution in [3.05, 3.63) is 21.7 Å². The number of hydrogen-bond donors (Lipinski definition) is 1. The van der Waals surface area contributed by atoms with Crippen molar-refractivity contribution in [3.8, 4) is 0 Å². The van der Waals surface area contributed by atoms with E-state index in [0.717, 1.165) is 25.7 Å². The molecule has 0 spiro atoms. The van der Waals surface area contributed by atoms with Gasteiger partial charge in [0.2, 0.25) is 5.91 Å². The maximum Gasteiger partial charge on any atom is 0.224 e. The lowest BCUT2D eigenvalue weighted by Gasteiger charge is -2.28. The smallest absolute Gasteiger partial charge is 0.224 e. The molecule has 2 rings (SSSR count). The second kappa shape index (κ2) is 9.84. The Kier molecular flexibility index (Phi) is 8.12. The van der Waals surface area contributed by atoms with Gasteiger partial charge in [-0.2, -0.15) is 0 Å². The molecular formula is C18H24Cl3NO2. The normalized spacial score (nSPS) is 25.0. The monoisotopic (exact) mass is 391 g/mol. The minimum absolute atomic E-state index is 0.0123. The molecule has 0 aromatic carbocycles. The average Bonchev–Trinajstić information content (AvgIpc) is 2.83. The number of Topliss-reactive ketones (excluding diaryl/α,β-unsaturated/α-hetero) is 1. The number of amides is 1. The number of halogens is 3. The quantitative estimate of drug-likeness (QED) is 0.513. The SMILES string of the molecule is O=C(CC(Cl)=C(Cl)Cl)[C@H]1CC=CC[C@@H]1C(=O)NC1CCCCCC1. The number of carbonyl (C=O) groups is 2. The summed E-state index contributed by atoms with van der Waals surface area (Å²) in [4.78, 5) is 25.2. The van der Waals surface area contributed by atoms with E-state index in [1.54, 1.807) is 0 Å². The number of hydrogen-bond acceptors (Lipinski definition) is 2. The van der Waals surface area contributed by atoms with Crippen molar-refractivity contribution < 1.29 is 9.59 Å². The first-order chi connectivity index (χ1) is 11.5. The van der Waals surface area contributed by atoms with Gasteiger partial charge in [-0.1, -0.05) is 72.6 Å². The van der Waals surface area contributed by atoms with Crippen LogP contribution in [0.2, 0.25) is 0 Å². The van der Waals surface area contributed by atoms with Gasteiger partial charge < -0.3 is 5.32 Å². The van der Waals surface area contributed by atoms with Crippen molar-refractivity contribution in [1.82, 2.24) is 5.32 Å². The Hall–Kier alpha value is -0.510. The summed E-state index contributed by atoms with van der Waals surface area (Å²) >= 11 is 17.2. The summed E-state index contributed by atoms with van der Waals surface area (Å²) < 4.78 is -0.0872. The van der Waals surface area contributed by atoms with Crippen molar-refractivity contribution in [1.29, 1.82) is 0 Å². The third-order valence-corrected chi connectivity index (χ3v) is 5.89. The molecule has 0 saturated heterocycles. The number of allylic oxidation sites excluding steroid dienone is 3. The minimum Gasteiger partial charge on any atom is -0.353 e. The van der Waals surface area contributed by atoms with Crippen LogP contribution >= 0.6 is 34.8 Å². The molecule has 6 heteroatoms. The number of nitrogens with one attached hydrogen (secondary N) is 1. The first-order valence-electron chi connectivity index (χ1n) is 8.66. The molecule has 1 N–H and O–H groups in total. The molecule has 2 aliphatic carbocycles. The molecule has 0 aromatic rings. The van der Waals surface area contributed by atoms with E-state index in [4.69, 9.17) is 34.8 Å². The van der Waals surface area contributed by atoms with E-state index in [2.05, 4.69) is 5.32 Å². The first-order valence-corrected chi connectivity index (χ1v) is 9.80. The fourth-order valence-corrected chi connectivity index (χ4v) is 3.81. The maximum absolute atomic E-state index is 12.7. The van der Waals surface area contributed by atoms with Gasteiger partial charge in [-0.3, -0.25) is 9.59 Å². The maximum atomic E-state index is 12.7. The minimum atomic E-state index is -0.359. The Bertz CT molecular complexity index is 518.